The number of nitrogens with zero attached hydrogens (tertiary/aromatic N) is 1. The highest BCUT2D eigenvalue weighted by Gasteiger charge is 2.60. The van der Waals surface area contributed by atoms with Crippen molar-refractivity contribution >= 4 is 11.9 Å². The van der Waals surface area contributed by atoms with Crippen molar-refractivity contribution < 1.29 is 33.3 Å². The van der Waals surface area contributed by atoms with Crippen LogP contribution in [-0.4, -0.2) is 61.1 Å². The summed E-state index contributed by atoms with van der Waals surface area (Å²) in [5, 5.41) is 0. The van der Waals surface area contributed by atoms with E-state index in [-0.39, 0.29) is 30.6 Å². The number of cyclic esters (lactones) is 1. The minimum absolute atomic E-state index is 0.0181. The first-order valence-corrected chi connectivity index (χ1v) is 12.9. The fourth-order valence-corrected chi connectivity index (χ4v) is 6.60. The van der Waals surface area contributed by atoms with Gasteiger partial charge in [-0.1, -0.05) is 26.0 Å². The van der Waals surface area contributed by atoms with E-state index in [2.05, 4.69) is 37.0 Å². The number of carbonyl (C=O) groups excluding carboxylic acids is 2. The van der Waals surface area contributed by atoms with E-state index in [9.17, 15) is 9.59 Å². The van der Waals surface area contributed by atoms with E-state index in [0.717, 1.165) is 49.4 Å². The lowest BCUT2D eigenvalue weighted by atomic mass is 9.77. The first-order valence-electron chi connectivity index (χ1n) is 12.9. The van der Waals surface area contributed by atoms with E-state index in [1.807, 2.05) is 12.2 Å². The molecule has 2 saturated heterocycles. The Morgan fingerprint density at radius 1 is 1.25 bits per heavy atom. The van der Waals surface area contributed by atoms with Crippen LogP contribution in [0.1, 0.15) is 56.6 Å². The number of hydrogen-bond acceptors (Lipinski definition) is 8. The third-order valence-electron chi connectivity index (χ3n) is 8.28. The van der Waals surface area contributed by atoms with Crippen LogP contribution in [0.25, 0.3) is 0 Å². The summed E-state index contributed by atoms with van der Waals surface area (Å²) in [4.78, 5) is 28.0. The maximum atomic E-state index is 13.7. The molecule has 2 fully saturated rings. The van der Waals surface area contributed by atoms with Crippen LogP contribution in [0.15, 0.2) is 36.1 Å². The topological polar surface area (TPSA) is 83.5 Å². The van der Waals surface area contributed by atoms with Gasteiger partial charge in [-0.15, -0.1) is 0 Å². The molecule has 4 aliphatic heterocycles. The van der Waals surface area contributed by atoms with Gasteiger partial charge in [0.25, 0.3) is 0 Å². The molecule has 0 saturated carbocycles. The zero-order chi connectivity index (χ0) is 25.1. The molecule has 8 heteroatoms. The number of benzene rings is 1. The summed E-state index contributed by atoms with van der Waals surface area (Å²) in [5.41, 5.74) is 0.684. The van der Waals surface area contributed by atoms with Crippen LogP contribution in [0.5, 0.6) is 11.5 Å². The van der Waals surface area contributed by atoms with Gasteiger partial charge in [-0.3, -0.25) is 9.69 Å². The van der Waals surface area contributed by atoms with Crippen molar-refractivity contribution in [1.29, 1.82) is 0 Å². The summed E-state index contributed by atoms with van der Waals surface area (Å²) in [6, 6.07) is 4.13. The smallest absolute Gasteiger partial charge is 0.352 e. The first kappa shape index (κ1) is 23.4. The number of fused-ring (bicyclic) bond motifs is 3. The van der Waals surface area contributed by atoms with Crippen LogP contribution < -0.4 is 9.47 Å². The van der Waals surface area contributed by atoms with Crippen molar-refractivity contribution in [3.8, 4) is 11.5 Å². The third-order valence-corrected chi connectivity index (χ3v) is 8.28. The maximum absolute atomic E-state index is 13.7. The van der Waals surface area contributed by atoms with Gasteiger partial charge in [0.05, 0.1) is 25.0 Å². The Kier molecular flexibility index (Phi) is 5.55. The van der Waals surface area contributed by atoms with Crippen LogP contribution in [0.2, 0.25) is 0 Å². The quantitative estimate of drug-likeness (QED) is 0.437. The molecule has 0 unspecified atom stereocenters. The van der Waals surface area contributed by atoms with Crippen molar-refractivity contribution in [1.82, 2.24) is 4.90 Å². The molecular weight excluding hydrogens is 462 g/mol. The summed E-state index contributed by atoms with van der Waals surface area (Å²) < 4.78 is 29.0. The number of ether oxygens (including phenoxy) is 5. The van der Waals surface area contributed by atoms with Gasteiger partial charge in [-0.2, -0.15) is 0 Å². The normalized spacial score (nSPS) is 32.3. The molecule has 4 heterocycles. The summed E-state index contributed by atoms with van der Waals surface area (Å²) in [6.07, 6.45) is 8.65. The van der Waals surface area contributed by atoms with Crippen LogP contribution >= 0.6 is 0 Å². The van der Waals surface area contributed by atoms with Crippen molar-refractivity contribution in [2.45, 2.75) is 69.1 Å². The molecule has 0 aromatic heterocycles. The van der Waals surface area contributed by atoms with Crippen LogP contribution in [0, 0.1) is 5.92 Å². The Morgan fingerprint density at radius 3 is 2.75 bits per heavy atom. The van der Waals surface area contributed by atoms with E-state index in [4.69, 9.17) is 23.7 Å². The van der Waals surface area contributed by atoms with Crippen molar-refractivity contribution in [2.75, 3.05) is 27.0 Å². The number of carbonyl (C=O) groups is 2. The molecule has 1 spiro atoms. The summed E-state index contributed by atoms with van der Waals surface area (Å²) in [6.45, 7) is 6.21. The lowest BCUT2D eigenvalue weighted by molar-refractivity contribution is -0.210. The minimum atomic E-state index is -1.28. The van der Waals surface area contributed by atoms with E-state index in [0.29, 0.717) is 18.1 Å². The number of rotatable bonds is 6. The summed E-state index contributed by atoms with van der Waals surface area (Å²) in [7, 11) is 1.62. The molecular formula is C28H33NO7. The van der Waals surface area contributed by atoms with Gasteiger partial charge in [-0.25, -0.2) is 4.79 Å². The van der Waals surface area contributed by atoms with Gasteiger partial charge >= 0.3 is 11.9 Å². The minimum Gasteiger partial charge on any atom is -0.497 e. The number of esters is 2. The summed E-state index contributed by atoms with van der Waals surface area (Å²) >= 11 is 0. The Balaban J connectivity index is 1.38. The standard InChI is InChI=1S/C28H33NO7/c1-17(2)6-4-9-28(15-23(30)36-28)26(31)35-25-22(32-3)14-27-8-5-10-29(27)11-7-18-12-20-21(34-16-33-20)13-19(18)24(25)27/h4,6,12-14,17,24-25H,5,7-11,15-16H2,1-3H3/b6-4-/t24-,25-,27+,28+/m1/s1. The average Bonchev–Trinajstić information content (AvgIpc) is 3.51. The van der Waals surface area contributed by atoms with E-state index < -0.39 is 17.7 Å². The fraction of sp³-hybridized carbons (Fsp3) is 0.571. The van der Waals surface area contributed by atoms with E-state index >= 15 is 0 Å². The average molecular weight is 496 g/mol. The van der Waals surface area contributed by atoms with Gasteiger partial charge in [0, 0.05) is 13.0 Å². The number of methoxy groups -OCH3 is 1. The third kappa shape index (κ3) is 3.52. The van der Waals surface area contributed by atoms with E-state index in [1.165, 1.54) is 5.56 Å². The molecule has 0 N–H and O–H groups in total. The van der Waals surface area contributed by atoms with Gasteiger partial charge in [0.15, 0.2) is 17.6 Å². The van der Waals surface area contributed by atoms with Gasteiger partial charge in [0.1, 0.15) is 5.76 Å². The largest absolute Gasteiger partial charge is 0.497 e. The highest BCUT2D eigenvalue weighted by molar-refractivity contribution is 5.94. The molecule has 6 rings (SSSR count). The fourth-order valence-electron chi connectivity index (χ4n) is 6.60. The zero-order valence-corrected chi connectivity index (χ0v) is 21.1. The number of hydrogen-bond donors (Lipinski definition) is 0. The molecule has 0 radical (unpaired) electrons. The second kappa shape index (κ2) is 8.54. The molecule has 5 aliphatic rings. The first-order chi connectivity index (χ1) is 17.3. The Bertz CT molecular complexity index is 1150. The van der Waals surface area contributed by atoms with Crippen LogP contribution in [-0.2, 0) is 30.2 Å². The molecule has 4 atom stereocenters. The van der Waals surface area contributed by atoms with Crippen LogP contribution in [0.4, 0.5) is 0 Å². The SMILES string of the molecule is COC1=C[C@]23CCCN2CCc2cc4c(cc2[C@@H]3[C@@H]1OC(=O)[C@]1(C/C=C\C(C)C)CC(=O)O1)OCO4. The lowest BCUT2D eigenvalue weighted by Gasteiger charge is -2.41. The molecule has 1 aromatic carbocycles. The van der Waals surface area contributed by atoms with Crippen molar-refractivity contribution in [3.05, 3.63) is 47.2 Å². The zero-order valence-electron chi connectivity index (χ0n) is 21.1. The maximum Gasteiger partial charge on any atom is 0.352 e. The summed E-state index contributed by atoms with van der Waals surface area (Å²) in [5.74, 6) is 1.38. The predicted octanol–water partition coefficient (Wildman–Crippen LogP) is 3.63. The second-order valence-electron chi connectivity index (χ2n) is 10.8. The molecule has 0 bridgehead atoms. The molecule has 8 nitrogen and oxygen atoms in total. The predicted molar refractivity (Wildman–Crippen MR) is 130 cm³/mol. The molecule has 0 amide bonds. The second-order valence-corrected chi connectivity index (χ2v) is 10.8. The van der Waals surface area contributed by atoms with Gasteiger partial charge in [0.2, 0.25) is 12.4 Å². The highest BCUT2D eigenvalue weighted by atomic mass is 16.7. The molecule has 1 aromatic rings. The number of allylic oxidation sites excluding steroid dienone is 1. The monoisotopic (exact) mass is 495 g/mol. The van der Waals surface area contributed by atoms with Gasteiger partial charge in [-0.05, 0) is 61.1 Å². The Morgan fingerprint density at radius 2 is 2.03 bits per heavy atom. The van der Waals surface area contributed by atoms with Crippen LogP contribution in [0.3, 0.4) is 0 Å². The Hall–Kier alpha value is -3.00. The van der Waals surface area contributed by atoms with E-state index in [1.54, 1.807) is 7.11 Å². The molecule has 36 heavy (non-hydrogen) atoms. The molecule has 1 aliphatic carbocycles. The lowest BCUT2D eigenvalue weighted by Crippen LogP contribution is -2.56. The van der Waals surface area contributed by atoms with Crippen molar-refractivity contribution in [3.63, 3.8) is 0 Å². The molecule has 192 valence electrons. The van der Waals surface area contributed by atoms with Gasteiger partial charge < -0.3 is 23.7 Å². The Labute approximate surface area is 211 Å². The highest BCUT2D eigenvalue weighted by Crippen LogP contribution is 2.56. The van der Waals surface area contributed by atoms with Crippen molar-refractivity contribution in [2.24, 2.45) is 5.92 Å².